The summed E-state index contributed by atoms with van der Waals surface area (Å²) in [6.45, 7) is 4.84. The highest BCUT2D eigenvalue weighted by molar-refractivity contribution is 5.73. The topological polar surface area (TPSA) is 58.6 Å². The highest BCUT2D eigenvalue weighted by Gasteiger charge is 2.19. The lowest BCUT2D eigenvalue weighted by atomic mass is 10.1. The van der Waals surface area contributed by atoms with Crippen molar-refractivity contribution in [2.45, 2.75) is 25.5 Å². The lowest BCUT2D eigenvalue weighted by molar-refractivity contribution is -0.121. The molecule has 0 spiro atoms. The Labute approximate surface area is 78.6 Å². The maximum atomic E-state index is 10.7. The third-order valence-electron chi connectivity index (χ3n) is 1.74. The predicted molar refractivity (Wildman–Crippen MR) is 50.3 cm³/mol. The first-order valence-electron chi connectivity index (χ1n) is 4.17. The Morgan fingerprint density at radius 3 is 2.69 bits per heavy atom. The molecule has 0 bridgehead atoms. The molecule has 0 radical (unpaired) electrons. The maximum absolute atomic E-state index is 10.7. The summed E-state index contributed by atoms with van der Waals surface area (Å²) in [5.41, 5.74) is 0. The van der Waals surface area contributed by atoms with Crippen molar-refractivity contribution in [1.82, 2.24) is 5.32 Å². The molecule has 0 fully saturated rings. The van der Waals surface area contributed by atoms with Gasteiger partial charge in [-0.3, -0.25) is 4.79 Å². The summed E-state index contributed by atoms with van der Waals surface area (Å²) in [6.07, 6.45) is 2.08. The second kappa shape index (κ2) is 6.62. The number of aliphatic hydroxyl groups is 1. The standard InChI is InChI=1S/C9H17NO3/c1-4-5-9(13-3)8(6-11)10-7(2)12/h4,8-9,11H,1,5-6H2,2-3H3,(H,10,12)/t8-,9-/m0/s1. The zero-order valence-corrected chi connectivity index (χ0v) is 8.12. The minimum Gasteiger partial charge on any atom is -0.394 e. The number of nitrogens with one attached hydrogen (secondary N) is 1. The first kappa shape index (κ1) is 12.1. The van der Waals surface area contributed by atoms with Gasteiger partial charge in [0.25, 0.3) is 0 Å². The monoisotopic (exact) mass is 187 g/mol. The second-order valence-electron chi connectivity index (χ2n) is 2.79. The molecule has 4 heteroatoms. The fourth-order valence-corrected chi connectivity index (χ4v) is 1.11. The van der Waals surface area contributed by atoms with Gasteiger partial charge in [0, 0.05) is 14.0 Å². The Morgan fingerprint density at radius 2 is 2.38 bits per heavy atom. The smallest absolute Gasteiger partial charge is 0.217 e. The van der Waals surface area contributed by atoms with Crippen molar-refractivity contribution >= 4 is 5.91 Å². The van der Waals surface area contributed by atoms with Gasteiger partial charge in [0.05, 0.1) is 18.8 Å². The van der Waals surface area contributed by atoms with Crippen LogP contribution in [0.5, 0.6) is 0 Å². The van der Waals surface area contributed by atoms with Crippen LogP contribution in [0.25, 0.3) is 0 Å². The zero-order valence-electron chi connectivity index (χ0n) is 8.12. The van der Waals surface area contributed by atoms with E-state index in [1.165, 1.54) is 6.92 Å². The van der Waals surface area contributed by atoms with Crippen molar-refractivity contribution in [1.29, 1.82) is 0 Å². The third kappa shape index (κ3) is 4.65. The van der Waals surface area contributed by atoms with E-state index in [4.69, 9.17) is 9.84 Å². The van der Waals surface area contributed by atoms with Crippen LogP contribution in [0.3, 0.4) is 0 Å². The van der Waals surface area contributed by atoms with Crippen LogP contribution in [0.4, 0.5) is 0 Å². The van der Waals surface area contributed by atoms with Crippen LogP contribution in [-0.4, -0.2) is 36.9 Å². The average molecular weight is 187 g/mol. The zero-order chi connectivity index (χ0) is 10.3. The van der Waals surface area contributed by atoms with E-state index in [2.05, 4.69) is 11.9 Å². The minimum absolute atomic E-state index is 0.133. The first-order chi connectivity index (χ1) is 6.15. The van der Waals surface area contributed by atoms with E-state index in [9.17, 15) is 4.79 Å². The van der Waals surface area contributed by atoms with Gasteiger partial charge in [-0.05, 0) is 6.42 Å². The predicted octanol–water partition coefficient (Wildman–Crippen LogP) is 0.0745. The molecule has 76 valence electrons. The van der Waals surface area contributed by atoms with Crippen LogP contribution in [0.2, 0.25) is 0 Å². The molecule has 4 nitrogen and oxygen atoms in total. The largest absolute Gasteiger partial charge is 0.394 e. The van der Waals surface area contributed by atoms with E-state index < -0.39 is 0 Å². The van der Waals surface area contributed by atoms with Gasteiger partial charge in [-0.2, -0.15) is 0 Å². The molecule has 2 N–H and O–H groups in total. The van der Waals surface area contributed by atoms with E-state index in [0.717, 1.165) is 0 Å². The maximum Gasteiger partial charge on any atom is 0.217 e. The van der Waals surface area contributed by atoms with Crippen molar-refractivity contribution in [3.8, 4) is 0 Å². The average Bonchev–Trinajstić information content (AvgIpc) is 2.10. The summed E-state index contributed by atoms with van der Waals surface area (Å²) in [4.78, 5) is 10.7. The molecule has 0 saturated heterocycles. The number of hydrogen-bond donors (Lipinski definition) is 2. The van der Waals surface area contributed by atoms with Crippen LogP contribution in [0, 0.1) is 0 Å². The Hall–Kier alpha value is -0.870. The fourth-order valence-electron chi connectivity index (χ4n) is 1.11. The van der Waals surface area contributed by atoms with E-state index in [0.29, 0.717) is 6.42 Å². The number of ether oxygens (including phenoxy) is 1. The van der Waals surface area contributed by atoms with Gasteiger partial charge in [0.2, 0.25) is 5.91 Å². The van der Waals surface area contributed by atoms with Crippen molar-refractivity contribution in [3.63, 3.8) is 0 Å². The molecule has 13 heavy (non-hydrogen) atoms. The lowest BCUT2D eigenvalue weighted by Gasteiger charge is -2.23. The van der Waals surface area contributed by atoms with Gasteiger partial charge in [0.15, 0.2) is 0 Å². The quantitative estimate of drug-likeness (QED) is 0.579. The molecule has 0 heterocycles. The molecule has 1 amide bonds. The molecule has 0 unspecified atom stereocenters. The van der Waals surface area contributed by atoms with Gasteiger partial charge in [-0.15, -0.1) is 6.58 Å². The second-order valence-corrected chi connectivity index (χ2v) is 2.79. The molecule has 0 rings (SSSR count). The van der Waals surface area contributed by atoms with Crippen LogP contribution in [0.15, 0.2) is 12.7 Å². The summed E-state index contributed by atoms with van der Waals surface area (Å²) >= 11 is 0. The number of hydrogen-bond acceptors (Lipinski definition) is 3. The normalized spacial score (nSPS) is 14.7. The molecule has 0 aromatic rings. The Kier molecular flexibility index (Phi) is 6.18. The lowest BCUT2D eigenvalue weighted by Crippen LogP contribution is -2.45. The van der Waals surface area contributed by atoms with Crippen molar-refractivity contribution < 1.29 is 14.6 Å². The SMILES string of the molecule is C=CC[C@H](OC)[C@H](CO)NC(C)=O. The van der Waals surface area contributed by atoms with Crippen molar-refractivity contribution in [2.24, 2.45) is 0 Å². The molecule has 0 aromatic heterocycles. The van der Waals surface area contributed by atoms with E-state index >= 15 is 0 Å². The van der Waals surface area contributed by atoms with E-state index in [1.807, 2.05) is 0 Å². The molecule has 0 aliphatic carbocycles. The molecule has 0 aromatic carbocycles. The Bertz CT molecular complexity index is 170. The summed E-state index contributed by atoms with van der Waals surface area (Å²) in [5.74, 6) is -0.176. The van der Waals surface area contributed by atoms with Crippen molar-refractivity contribution in [3.05, 3.63) is 12.7 Å². The van der Waals surface area contributed by atoms with Crippen LogP contribution in [0.1, 0.15) is 13.3 Å². The number of amides is 1. The van der Waals surface area contributed by atoms with Gasteiger partial charge >= 0.3 is 0 Å². The number of rotatable bonds is 6. The summed E-state index contributed by atoms with van der Waals surface area (Å²) in [5, 5.41) is 11.6. The van der Waals surface area contributed by atoms with Crippen LogP contribution in [-0.2, 0) is 9.53 Å². The summed E-state index contributed by atoms with van der Waals surface area (Å²) in [7, 11) is 1.54. The van der Waals surface area contributed by atoms with Gasteiger partial charge in [0.1, 0.15) is 0 Å². The molecule has 0 aliphatic heterocycles. The third-order valence-corrected chi connectivity index (χ3v) is 1.74. The number of carbonyl (C=O) groups excluding carboxylic acids is 1. The Morgan fingerprint density at radius 1 is 1.77 bits per heavy atom. The number of aliphatic hydroxyl groups excluding tert-OH is 1. The minimum atomic E-state index is -0.361. The van der Waals surface area contributed by atoms with Gasteiger partial charge in [-0.1, -0.05) is 6.08 Å². The summed E-state index contributed by atoms with van der Waals surface area (Å²) in [6, 6.07) is -0.361. The number of methoxy groups -OCH3 is 1. The van der Waals surface area contributed by atoms with Crippen molar-refractivity contribution in [2.75, 3.05) is 13.7 Å². The van der Waals surface area contributed by atoms with E-state index in [-0.39, 0.29) is 24.7 Å². The molecule has 2 atom stereocenters. The highest BCUT2D eigenvalue weighted by atomic mass is 16.5. The molecular formula is C9H17NO3. The fraction of sp³-hybridized carbons (Fsp3) is 0.667. The van der Waals surface area contributed by atoms with Crippen LogP contribution < -0.4 is 5.32 Å². The van der Waals surface area contributed by atoms with Gasteiger partial charge < -0.3 is 15.2 Å². The highest BCUT2D eigenvalue weighted by Crippen LogP contribution is 2.03. The Balaban J connectivity index is 4.14. The molecular weight excluding hydrogens is 170 g/mol. The molecule has 0 aliphatic rings. The summed E-state index contributed by atoms with van der Waals surface area (Å²) < 4.78 is 5.10. The first-order valence-corrected chi connectivity index (χ1v) is 4.17. The molecule has 0 saturated carbocycles. The number of carbonyl (C=O) groups is 1. The van der Waals surface area contributed by atoms with E-state index in [1.54, 1.807) is 13.2 Å². The van der Waals surface area contributed by atoms with Crippen LogP contribution >= 0.6 is 0 Å². The van der Waals surface area contributed by atoms with Gasteiger partial charge in [-0.25, -0.2) is 0 Å².